The van der Waals surface area contributed by atoms with Crippen molar-refractivity contribution in [3.63, 3.8) is 0 Å². The molecule has 4 N–H and O–H groups in total. The predicted octanol–water partition coefficient (Wildman–Crippen LogP) is 0.527. The van der Waals surface area contributed by atoms with Crippen molar-refractivity contribution in [3.8, 4) is 0 Å². The Labute approximate surface area is 118 Å². The Morgan fingerprint density at radius 2 is 2.16 bits per heavy atom. The van der Waals surface area contributed by atoms with Crippen LogP contribution in [0.4, 0.5) is 5.69 Å². The molecule has 0 saturated heterocycles. The van der Waals surface area contributed by atoms with Crippen LogP contribution >= 0.6 is 15.9 Å². The van der Waals surface area contributed by atoms with Crippen LogP contribution in [0.25, 0.3) is 0 Å². The minimum Gasteiger partial charge on any atom is -0.409 e. The lowest BCUT2D eigenvalue weighted by atomic mass is 10.1. The van der Waals surface area contributed by atoms with Crippen LogP contribution < -0.4 is 11.1 Å². The summed E-state index contributed by atoms with van der Waals surface area (Å²) in [5.41, 5.74) is 6.00. The number of amidine groups is 1. The second-order valence-corrected chi connectivity index (χ2v) is 6.85. The van der Waals surface area contributed by atoms with Crippen LogP contribution in [-0.4, -0.2) is 37.4 Å². The lowest BCUT2D eigenvalue weighted by Gasteiger charge is -2.10. The molecule has 1 aromatic carbocycles. The van der Waals surface area contributed by atoms with E-state index in [1.807, 2.05) is 0 Å². The summed E-state index contributed by atoms with van der Waals surface area (Å²) in [4.78, 5) is 11.6. The Hall–Kier alpha value is -1.61. The van der Waals surface area contributed by atoms with Crippen molar-refractivity contribution in [2.24, 2.45) is 10.9 Å². The van der Waals surface area contributed by atoms with Gasteiger partial charge in [-0.1, -0.05) is 21.1 Å². The van der Waals surface area contributed by atoms with Gasteiger partial charge in [-0.2, -0.15) is 0 Å². The summed E-state index contributed by atoms with van der Waals surface area (Å²) in [6.45, 7) is 0. The number of anilines is 1. The second kappa shape index (κ2) is 6.02. The summed E-state index contributed by atoms with van der Waals surface area (Å²) in [5.74, 6) is -1.54. The molecule has 0 radical (unpaired) electrons. The minimum absolute atomic E-state index is 0.192. The molecule has 0 unspecified atom stereocenters. The molecule has 0 aromatic heterocycles. The zero-order chi connectivity index (χ0) is 14.6. The highest BCUT2D eigenvalue weighted by atomic mass is 79.9. The molecular formula is C10H12BrN3O4S. The highest BCUT2D eigenvalue weighted by Gasteiger charge is 2.14. The van der Waals surface area contributed by atoms with Gasteiger partial charge in [0.05, 0.1) is 5.69 Å². The van der Waals surface area contributed by atoms with Crippen LogP contribution in [0.15, 0.2) is 27.8 Å². The molecule has 0 spiro atoms. The van der Waals surface area contributed by atoms with Crippen LogP contribution in [0.1, 0.15) is 5.56 Å². The summed E-state index contributed by atoms with van der Waals surface area (Å²) in [5, 5.41) is 13.9. The van der Waals surface area contributed by atoms with E-state index in [-0.39, 0.29) is 17.1 Å². The quantitative estimate of drug-likeness (QED) is 0.316. The predicted molar refractivity (Wildman–Crippen MR) is 75.0 cm³/mol. The van der Waals surface area contributed by atoms with E-state index in [0.29, 0.717) is 4.47 Å². The summed E-state index contributed by atoms with van der Waals surface area (Å²) >= 11 is 3.21. The van der Waals surface area contributed by atoms with Gasteiger partial charge in [-0.3, -0.25) is 4.79 Å². The minimum atomic E-state index is -3.43. The Bertz CT molecular complexity index is 628. The van der Waals surface area contributed by atoms with Crippen molar-refractivity contribution in [1.29, 1.82) is 0 Å². The van der Waals surface area contributed by atoms with E-state index in [0.717, 1.165) is 6.26 Å². The van der Waals surface area contributed by atoms with Gasteiger partial charge < -0.3 is 16.3 Å². The van der Waals surface area contributed by atoms with E-state index in [2.05, 4.69) is 26.4 Å². The SMILES string of the molecule is CS(=O)(=O)CC(=O)Nc1cc(Br)ccc1/C(N)=N/O. The molecule has 0 saturated carbocycles. The van der Waals surface area contributed by atoms with E-state index >= 15 is 0 Å². The largest absolute Gasteiger partial charge is 0.409 e. The van der Waals surface area contributed by atoms with Crippen molar-refractivity contribution in [1.82, 2.24) is 0 Å². The fourth-order valence-corrected chi connectivity index (χ4v) is 2.23. The van der Waals surface area contributed by atoms with E-state index in [1.165, 1.54) is 12.1 Å². The van der Waals surface area contributed by atoms with Gasteiger partial charge in [0.1, 0.15) is 5.75 Å². The maximum atomic E-state index is 11.6. The molecule has 1 rings (SSSR count). The topological polar surface area (TPSA) is 122 Å². The standard InChI is InChI=1S/C10H12BrN3O4S/c1-19(17,18)5-9(15)13-8-4-6(11)2-3-7(8)10(12)14-16/h2-4,16H,5H2,1H3,(H2,12,14)(H,13,15). The molecular weight excluding hydrogens is 338 g/mol. The number of amides is 1. The van der Waals surface area contributed by atoms with Gasteiger partial charge in [-0.05, 0) is 18.2 Å². The highest BCUT2D eigenvalue weighted by molar-refractivity contribution is 9.10. The third kappa shape index (κ3) is 4.87. The van der Waals surface area contributed by atoms with Crippen LogP contribution in [0.5, 0.6) is 0 Å². The number of nitrogens with zero attached hydrogens (tertiary/aromatic N) is 1. The molecule has 1 aromatic rings. The maximum absolute atomic E-state index is 11.6. The Kier molecular flexibility index (Phi) is 4.90. The molecule has 0 fully saturated rings. The number of halogens is 1. The number of oxime groups is 1. The third-order valence-electron chi connectivity index (χ3n) is 2.03. The van der Waals surface area contributed by atoms with Crippen molar-refractivity contribution in [2.45, 2.75) is 0 Å². The van der Waals surface area contributed by atoms with Crippen molar-refractivity contribution in [2.75, 3.05) is 17.3 Å². The van der Waals surface area contributed by atoms with Crippen LogP contribution in [0.2, 0.25) is 0 Å². The first-order chi connectivity index (χ1) is 8.73. The van der Waals surface area contributed by atoms with Gasteiger partial charge >= 0.3 is 0 Å². The summed E-state index contributed by atoms with van der Waals surface area (Å²) in [7, 11) is -3.43. The van der Waals surface area contributed by atoms with Crippen molar-refractivity contribution in [3.05, 3.63) is 28.2 Å². The summed E-state index contributed by atoms with van der Waals surface area (Å²) < 4.78 is 22.7. The lowest BCUT2D eigenvalue weighted by molar-refractivity contribution is -0.113. The van der Waals surface area contributed by atoms with Gasteiger partial charge in [-0.25, -0.2) is 8.42 Å². The average Bonchev–Trinajstić information content (AvgIpc) is 2.25. The van der Waals surface area contributed by atoms with Crippen LogP contribution in [0, 0.1) is 0 Å². The Morgan fingerprint density at radius 1 is 1.53 bits per heavy atom. The monoisotopic (exact) mass is 349 g/mol. The molecule has 0 aliphatic carbocycles. The summed E-state index contributed by atoms with van der Waals surface area (Å²) in [6, 6.07) is 4.68. The number of carbonyl (C=O) groups is 1. The van der Waals surface area contributed by atoms with Crippen molar-refractivity contribution < 1.29 is 18.4 Å². The number of nitrogens with two attached hydrogens (primary N) is 1. The normalized spacial score (nSPS) is 12.2. The number of rotatable bonds is 4. The molecule has 104 valence electrons. The number of carbonyl (C=O) groups excluding carboxylic acids is 1. The number of hydrogen-bond donors (Lipinski definition) is 3. The van der Waals surface area contributed by atoms with Crippen molar-refractivity contribution >= 4 is 43.2 Å². The Morgan fingerprint density at radius 3 is 2.68 bits per heavy atom. The first kappa shape index (κ1) is 15.4. The van der Waals surface area contributed by atoms with Gasteiger partial charge in [0.25, 0.3) is 0 Å². The fraction of sp³-hybridized carbons (Fsp3) is 0.200. The number of sulfone groups is 1. The molecule has 0 aliphatic heterocycles. The van der Waals surface area contributed by atoms with E-state index in [4.69, 9.17) is 10.9 Å². The smallest absolute Gasteiger partial charge is 0.239 e. The Balaban J connectivity index is 3.06. The second-order valence-electron chi connectivity index (χ2n) is 3.79. The van der Waals surface area contributed by atoms with Crippen LogP contribution in [-0.2, 0) is 14.6 Å². The highest BCUT2D eigenvalue weighted by Crippen LogP contribution is 2.21. The fourth-order valence-electron chi connectivity index (χ4n) is 1.32. The first-order valence-electron chi connectivity index (χ1n) is 4.98. The van der Waals surface area contributed by atoms with Crippen LogP contribution in [0.3, 0.4) is 0 Å². The summed E-state index contributed by atoms with van der Waals surface area (Å²) in [6.07, 6.45) is 0.956. The van der Waals surface area contributed by atoms with Gasteiger partial charge in [0, 0.05) is 16.3 Å². The molecule has 9 heteroatoms. The third-order valence-corrected chi connectivity index (χ3v) is 3.31. The lowest BCUT2D eigenvalue weighted by Crippen LogP contribution is -2.24. The molecule has 7 nitrogen and oxygen atoms in total. The maximum Gasteiger partial charge on any atom is 0.239 e. The zero-order valence-electron chi connectivity index (χ0n) is 9.92. The average molecular weight is 350 g/mol. The van der Waals surface area contributed by atoms with Gasteiger partial charge in [0.15, 0.2) is 15.7 Å². The van der Waals surface area contributed by atoms with E-state index in [1.54, 1.807) is 6.07 Å². The van der Waals surface area contributed by atoms with E-state index < -0.39 is 21.5 Å². The molecule has 0 heterocycles. The molecule has 0 bridgehead atoms. The zero-order valence-corrected chi connectivity index (χ0v) is 12.3. The number of benzene rings is 1. The van der Waals surface area contributed by atoms with E-state index in [9.17, 15) is 13.2 Å². The first-order valence-corrected chi connectivity index (χ1v) is 7.83. The molecule has 0 aliphatic rings. The molecule has 19 heavy (non-hydrogen) atoms. The van der Waals surface area contributed by atoms with Gasteiger partial charge in [-0.15, -0.1) is 0 Å². The number of hydrogen-bond acceptors (Lipinski definition) is 5. The molecule has 1 amide bonds. The number of nitrogens with one attached hydrogen (secondary N) is 1. The van der Waals surface area contributed by atoms with Gasteiger partial charge in [0.2, 0.25) is 5.91 Å². The molecule has 0 atom stereocenters.